The minimum absolute atomic E-state index is 0.130. The quantitative estimate of drug-likeness (QED) is 0.702. The summed E-state index contributed by atoms with van der Waals surface area (Å²) in [5.74, 6) is -1.12. The maximum Gasteiger partial charge on any atom is 0.317 e. The van der Waals surface area contributed by atoms with Crippen LogP contribution < -0.4 is 5.32 Å². The van der Waals surface area contributed by atoms with E-state index in [2.05, 4.69) is 27.9 Å². The number of nitrogens with one attached hydrogen (secondary N) is 1. The fourth-order valence-electron chi connectivity index (χ4n) is 1.82. The Bertz CT molecular complexity index is 462. The number of rotatable bonds is 7. The molecule has 1 amide bonds. The molecule has 0 aliphatic heterocycles. The molecule has 0 saturated heterocycles. The Balaban J connectivity index is 2.67. The fraction of sp³-hybridized carbons (Fsp3) is 0.429. The lowest BCUT2D eigenvalue weighted by Crippen LogP contribution is -2.44. The molecule has 0 heterocycles. The van der Waals surface area contributed by atoms with Gasteiger partial charge in [0.1, 0.15) is 0 Å². The summed E-state index contributed by atoms with van der Waals surface area (Å²) in [5, 5.41) is 11.7. The second kappa shape index (κ2) is 8.21. The zero-order chi connectivity index (χ0) is 15.1. The summed E-state index contributed by atoms with van der Waals surface area (Å²) >= 11 is 2.19. The maximum atomic E-state index is 12.1. The number of aliphatic carboxylic acids is 1. The molecule has 1 rings (SSSR count). The molecule has 2 N–H and O–H groups in total. The monoisotopic (exact) mass is 390 g/mol. The highest BCUT2D eigenvalue weighted by atomic mass is 127. The van der Waals surface area contributed by atoms with E-state index in [1.807, 2.05) is 31.2 Å². The zero-order valence-electron chi connectivity index (χ0n) is 11.6. The van der Waals surface area contributed by atoms with Crippen LogP contribution in [0.15, 0.2) is 24.3 Å². The number of amides is 1. The number of carboxylic acid groups (broad SMARTS) is 1. The smallest absolute Gasteiger partial charge is 0.317 e. The molecular weight excluding hydrogens is 371 g/mol. The second-order valence-electron chi connectivity index (χ2n) is 4.54. The number of hydrogen-bond donors (Lipinski definition) is 2. The molecule has 0 saturated carbocycles. The van der Waals surface area contributed by atoms with Crippen LogP contribution in [-0.2, 0) is 9.59 Å². The Kier molecular flexibility index (Phi) is 6.94. The number of carbonyl (C=O) groups is 2. The molecule has 0 aromatic heterocycles. The molecule has 5 nitrogen and oxygen atoms in total. The van der Waals surface area contributed by atoms with Crippen LogP contribution in [0.3, 0.4) is 0 Å². The normalized spacial score (nSPS) is 12.2. The van der Waals surface area contributed by atoms with Gasteiger partial charge in [0, 0.05) is 9.26 Å². The average Bonchev–Trinajstić information content (AvgIpc) is 2.39. The van der Waals surface area contributed by atoms with Gasteiger partial charge in [-0.3, -0.25) is 14.5 Å². The highest BCUT2D eigenvalue weighted by Gasteiger charge is 2.22. The van der Waals surface area contributed by atoms with Gasteiger partial charge in [-0.2, -0.15) is 0 Å². The van der Waals surface area contributed by atoms with Crippen molar-refractivity contribution in [1.29, 1.82) is 0 Å². The van der Waals surface area contributed by atoms with Crippen LogP contribution in [0.2, 0.25) is 0 Å². The first kappa shape index (κ1) is 16.9. The number of anilines is 1. The molecule has 1 aromatic carbocycles. The topological polar surface area (TPSA) is 69.6 Å². The average molecular weight is 390 g/mol. The van der Waals surface area contributed by atoms with E-state index in [0.29, 0.717) is 12.2 Å². The third kappa shape index (κ3) is 5.46. The SMILES string of the molecule is CCCN(CC(=O)O)C(C)C(=O)Nc1ccc(I)cc1. The predicted molar refractivity (Wildman–Crippen MR) is 86.8 cm³/mol. The van der Waals surface area contributed by atoms with Crippen molar-refractivity contribution in [1.82, 2.24) is 4.90 Å². The molecular formula is C14H19IN2O3. The zero-order valence-corrected chi connectivity index (χ0v) is 13.8. The number of halogens is 1. The van der Waals surface area contributed by atoms with Crippen molar-refractivity contribution in [3.63, 3.8) is 0 Å². The van der Waals surface area contributed by atoms with Gasteiger partial charge in [-0.05, 0) is 66.7 Å². The molecule has 1 aromatic rings. The van der Waals surface area contributed by atoms with E-state index in [9.17, 15) is 9.59 Å². The van der Waals surface area contributed by atoms with Crippen molar-refractivity contribution < 1.29 is 14.7 Å². The van der Waals surface area contributed by atoms with E-state index in [4.69, 9.17) is 5.11 Å². The fourth-order valence-corrected chi connectivity index (χ4v) is 2.18. The standard InChI is InChI=1S/C14H19IN2O3/c1-3-8-17(9-13(18)19)10(2)14(20)16-12-6-4-11(15)5-7-12/h4-7,10H,3,8-9H2,1-2H3,(H,16,20)(H,18,19). The Labute approximate surface area is 132 Å². The molecule has 1 atom stereocenters. The molecule has 20 heavy (non-hydrogen) atoms. The van der Waals surface area contributed by atoms with Crippen LogP contribution in [-0.4, -0.2) is 41.0 Å². The summed E-state index contributed by atoms with van der Waals surface area (Å²) in [5.41, 5.74) is 0.717. The lowest BCUT2D eigenvalue weighted by molar-refractivity contribution is -0.139. The summed E-state index contributed by atoms with van der Waals surface area (Å²) in [7, 11) is 0. The Morgan fingerprint density at radius 3 is 2.45 bits per heavy atom. The summed E-state index contributed by atoms with van der Waals surface area (Å²) in [6.45, 7) is 4.13. The molecule has 110 valence electrons. The van der Waals surface area contributed by atoms with Gasteiger partial charge in [-0.15, -0.1) is 0 Å². The Hall–Kier alpha value is -1.15. The van der Waals surface area contributed by atoms with Crippen LogP contribution >= 0.6 is 22.6 Å². The van der Waals surface area contributed by atoms with Gasteiger partial charge in [-0.1, -0.05) is 6.92 Å². The maximum absolute atomic E-state index is 12.1. The number of carbonyl (C=O) groups excluding carboxylic acids is 1. The van der Waals surface area contributed by atoms with Gasteiger partial charge >= 0.3 is 5.97 Å². The van der Waals surface area contributed by atoms with E-state index < -0.39 is 12.0 Å². The summed E-state index contributed by atoms with van der Waals surface area (Å²) in [6, 6.07) is 6.98. The molecule has 1 unspecified atom stereocenters. The van der Waals surface area contributed by atoms with Crippen LogP contribution in [0, 0.1) is 3.57 Å². The van der Waals surface area contributed by atoms with Crippen molar-refractivity contribution in [3.8, 4) is 0 Å². The predicted octanol–water partition coefficient (Wildman–Crippen LogP) is 2.41. The van der Waals surface area contributed by atoms with Gasteiger partial charge in [0.2, 0.25) is 5.91 Å². The van der Waals surface area contributed by atoms with E-state index in [-0.39, 0.29) is 12.5 Å². The van der Waals surface area contributed by atoms with Crippen molar-refractivity contribution in [2.75, 3.05) is 18.4 Å². The highest BCUT2D eigenvalue weighted by Crippen LogP contribution is 2.12. The van der Waals surface area contributed by atoms with E-state index in [1.165, 1.54) is 0 Å². The van der Waals surface area contributed by atoms with Gasteiger partial charge in [0.15, 0.2) is 0 Å². The largest absolute Gasteiger partial charge is 0.480 e. The van der Waals surface area contributed by atoms with Gasteiger partial charge < -0.3 is 10.4 Å². The third-order valence-electron chi connectivity index (χ3n) is 2.89. The first-order chi connectivity index (χ1) is 9.43. The van der Waals surface area contributed by atoms with E-state index in [0.717, 1.165) is 9.99 Å². The molecule has 0 fully saturated rings. The van der Waals surface area contributed by atoms with Gasteiger partial charge in [-0.25, -0.2) is 0 Å². The van der Waals surface area contributed by atoms with Crippen LogP contribution in [0.1, 0.15) is 20.3 Å². The van der Waals surface area contributed by atoms with Crippen molar-refractivity contribution in [2.45, 2.75) is 26.3 Å². The summed E-state index contributed by atoms with van der Waals surface area (Å²) in [4.78, 5) is 24.6. The number of benzene rings is 1. The second-order valence-corrected chi connectivity index (χ2v) is 5.78. The van der Waals surface area contributed by atoms with Crippen molar-refractivity contribution in [3.05, 3.63) is 27.8 Å². The van der Waals surface area contributed by atoms with Crippen molar-refractivity contribution >= 4 is 40.2 Å². The van der Waals surface area contributed by atoms with Gasteiger partial charge in [0.05, 0.1) is 12.6 Å². The first-order valence-electron chi connectivity index (χ1n) is 6.46. The molecule has 0 aliphatic carbocycles. The van der Waals surface area contributed by atoms with Gasteiger partial charge in [0.25, 0.3) is 0 Å². The Morgan fingerprint density at radius 2 is 1.95 bits per heavy atom. The number of hydrogen-bond acceptors (Lipinski definition) is 3. The third-order valence-corrected chi connectivity index (χ3v) is 3.61. The molecule has 0 aliphatic rings. The minimum Gasteiger partial charge on any atom is -0.480 e. The van der Waals surface area contributed by atoms with Crippen LogP contribution in [0.4, 0.5) is 5.69 Å². The number of nitrogens with zero attached hydrogens (tertiary/aromatic N) is 1. The first-order valence-corrected chi connectivity index (χ1v) is 7.54. The molecule has 6 heteroatoms. The van der Waals surface area contributed by atoms with Crippen molar-refractivity contribution in [2.24, 2.45) is 0 Å². The lowest BCUT2D eigenvalue weighted by Gasteiger charge is -2.26. The van der Waals surface area contributed by atoms with E-state index >= 15 is 0 Å². The molecule has 0 radical (unpaired) electrons. The minimum atomic E-state index is -0.924. The number of carboxylic acids is 1. The highest BCUT2D eigenvalue weighted by molar-refractivity contribution is 14.1. The summed E-state index contributed by atoms with van der Waals surface area (Å²) in [6.07, 6.45) is 0.800. The molecule has 0 bridgehead atoms. The van der Waals surface area contributed by atoms with Crippen LogP contribution in [0.25, 0.3) is 0 Å². The Morgan fingerprint density at radius 1 is 1.35 bits per heavy atom. The lowest BCUT2D eigenvalue weighted by atomic mass is 10.2. The van der Waals surface area contributed by atoms with Crippen LogP contribution in [0.5, 0.6) is 0 Å². The summed E-state index contributed by atoms with van der Waals surface area (Å²) < 4.78 is 1.09. The van der Waals surface area contributed by atoms with E-state index in [1.54, 1.807) is 11.8 Å². The molecule has 0 spiro atoms.